The van der Waals surface area contributed by atoms with E-state index in [4.69, 9.17) is 18.9 Å². The van der Waals surface area contributed by atoms with Crippen molar-refractivity contribution in [3.63, 3.8) is 0 Å². The van der Waals surface area contributed by atoms with Gasteiger partial charge in [-0.15, -0.1) is 0 Å². The van der Waals surface area contributed by atoms with E-state index in [1.165, 1.54) is 22.5 Å². The summed E-state index contributed by atoms with van der Waals surface area (Å²) in [6, 6.07) is 15.9. The topological polar surface area (TPSA) is 146 Å². The van der Waals surface area contributed by atoms with Gasteiger partial charge in [-0.2, -0.15) is 8.61 Å². The van der Waals surface area contributed by atoms with E-state index in [1.807, 2.05) is 38.1 Å². The first-order valence-electron chi connectivity index (χ1n) is 18.3. The molecule has 2 fully saturated rings. The molecule has 6 rings (SSSR count). The van der Waals surface area contributed by atoms with Crippen molar-refractivity contribution < 1.29 is 45.4 Å². The highest BCUT2D eigenvalue weighted by atomic mass is 32.2. The molecule has 0 radical (unpaired) electrons. The van der Waals surface area contributed by atoms with Gasteiger partial charge in [0.1, 0.15) is 11.5 Å². The lowest BCUT2D eigenvalue weighted by atomic mass is 9.97. The Balaban J connectivity index is 1.53. The van der Waals surface area contributed by atoms with Gasteiger partial charge in [0.2, 0.25) is 20.0 Å². The van der Waals surface area contributed by atoms with Gasteiger partial charge in [0.05, 0.1) is 23.0 Å². The van der Waals surface area contributed by atoms with Crippen molar-refractivity contribution >= 4 is 32.0 Å². The molecule has 298 valence electrons. The van der Waals surface area contributed by atoms with Crippen LogP contribution in [0.1, 0.15) is 84.7 Å². The van der Waals surface area contributed by atoms with Crippen molar-refractivity contribution in [1.29, 1.82) is 0 Å². The maximum atomic E-state index is 14.5. The van der Waals surface area contributed by atoms with Crippen LogP contribution in [0.2, 0.25) is 0 Å². The molecule has 0 saturated carbocycles. The number of carbonyl (C=O) groups is 2. The normalized spacial score (nSPS) is 20.7. The molecule has 56 heavy (non-hydrogen) atoms. The van der Waals surface area contributed by atoms with Crippen LogP contribution in [0.25, 0.3) is 11.1 Å². The average molecular weight is 805 g/mol. The lowest BCUT2D eigenvalue weighted by molar-refractivity contribution is -0.133. The third-order valence-electron chi connectivity index (χ3n) is 10.0. The minimum absolute atomic E-state index is 0.0155. The molecule has 2 heterocycles. The van der Waals surface area contributed by atoms with E-state index in [0.29, 0.717) is 22.3 Å². The number of esters is 2. The third-order valence-corrected chi connectivity index (χ3v) is 14.5. The molecule has 0 N–H and O–H groups in total. The average Bonchev–Trinajstić information content (AvgIpc) is 3.66. The summed E-state index contributed by atoms with van der Waals surface area (Å²) < 4.78 is 85.0. The van der Waals surface area contributed by atoms with Crippen molar-refractivity contribution in [2.24, 2.45) is 0 Å². The van der Waals surface area contributed by atoms with E-state index in [-0.39, 0.29) is 56.8 Å². The number of aryl methyl sites for hydroxylation is 6. The van der Waals surface area contributed by atoms with Crippen LogP contribution in [0.15, 0.2) is 70.5 Å². The number of benzene rings is 4. The second kappa shape index (κ2) is 15.5. The number of ether oxygens (including phenoxy) is 4. The first-order valence-corrected chi connectivity index (χ1v) is 21.2. The van der Waals surface area contributed by atoms with Crippen molar-refractivity contribution in [3.05, 3.63) is 105 Å². The van der Waals surface area contributed by atoms with Gasteiger partial charge in [0.15, 0.2) is 12.5 Å². The monoisotopic (exact) mass is 804 g/mol. The molecule has 0 bridgehead atoms. The van der Waals surface area contributed by atoms with E-state index < -0.39 is 56.5 Å². The molecular formula is C42H48N2O10S2. The third kappa shape index (κ3) is 7.41. The molecule has 4 atom stereocenters. The minimum Gasteiger partial charge on any atom is -0.426 e. The molecule has 14 heteroatoms. The molecule has 0 aromatic heterocycles. The summed E-state index contributed by atoms with van der Waals surface area (Å²) in [5.74, 6) is -1.41. The van der Waals surface area contributed by atoms with E-state index in [1.54, 1.807) is 77.9 Å². The summed E-state index contributed by atoms with van der Waals surface area (Å²) in [6.07, 6.45) is -2.41. The van der Waals surface area contributed by atoms with Crippen molar-refractivity contribution in [2.75, 3.05) is 13.2 Å². The van der Waals surface area contributed by atoms with Crippen LogP contribution < -0.4 is 9.47 Å². The predicted octanol–water partition coefficient (Wildman–Crippen LogP) is 7.27. The number of sulfonamides is 2. The number of rotatable bonds is 9. The van der Waals surface area contributed by atoms with Crippen LogP contribution in [-0.2, 0) is 39.1 Å². The van der Waals surface area contributed by atoms with Crippen molar-refractivity contribution in [3.8, 4) is 22.6 Å². The number of para-hydroxylation sites is 2. The summed E-state index contributed by atoms with van der Waals surface area (Å²) in [7, 11) is -8.33. The highest BCUT2D eigenvalue weighted by Gasteiger charge is 2.47. The van der Waals surface area contributed by atoms with Gasteiger partial charge in [0, 0.05) is 48.2 Å². The highest BCUT2D eigenvalue weighted by molar-refractivity contribution is 7.89. The molecule has 4 aromatic carbocycles. The lowest BCUT2D eigenvalue weighted by Crippen LogP contribution is -2.37. The fourth-order valence-corrected chi connectivity index (χ4v) is 12.4. The molecule has 2 aliphatic heterocycles. The second-order valence-electron chi connectivity index (χ2n) is 14.8. The number of nitrogens with zero attached hydrogens (tertiary/aromatic N) is 2. The van der Waals surface area contributed by atoms with Crippen LogP contribution in [-0.4, -0.2) is 62.7 Å². The Kier molecular flexibility index (Phi) is 11.4. The van der Waals surface area contributed by atoms with Crippen molar-refractivity contribution in [2.45, 2.75) is 104 Å². The van der Waals surface area contributed by atoms with Gasteiger partial charge in [-0.05, 0) is 77.6 Å². The molecule has 2 aliphatic rings. The maximum absolute atomic E-state index is 14.5. The molecule has 0 amide bonds. The molecule has 12 nitrogen and oxygen atoms in total. The van der Waals surface area contributed by atoms with Gasteiger partial charge >= 0.3 is 11.9 Å². The Morgan fingerprint density at radius 2 is 0.911 bits per heavy atom. The van der Waals surface area contributed by atoms with Crippen molar-refractivity contribution in [1.82, 2.24) is 8.61 Å². The fourth-order valence-electron chi connectivity index (χ4n) is 8.19. The Labute approximate surface area is 329 Å². The van der Waals surface area contributed by atoms with Crippen LogP contribution in [0, 0.1) is 41.5 Å². The van der Waals surface area contributed by atoms with Crippen LogP contribution in [0.4, 0.5) is 0 Å². The zero-order valence-corrected chi connectivity index (χ0v) is 34.9. The van der Waals surface area contributed by atoms with Crippen LogP contribution >= 0.6 is 0 Å². The standard InChI is InChI=1S/C42H48N2O10S2/c1-23-17-25(3)39(26(4)18-23)55(47,48)43-29(7)21-51-41(43)35-15-11-13-33(37(35)53-31(9)45)34-14-12-16-36(38(34)54-32(10)46)42-44(30(8)22-52-42)56(49,50)40-27(5)19-24(2)20-28(40)6/h11-20,29-30,41-42H,21-22H2,1-10H3/t29-,30-,41-,42-/m0/s1. The van der Waals surface area contributed by atoms with Gasteiger partial charge in [-0.25, -0.2) is 16.8 Å². The molecular weight excluding hydrogens is 757 g/mol. The summed E-state index contributed by atoms with van der Waals surface area (Å²) in [4.78, 5) is 26.0. The summed E-state index contributed by atoms with van der Waals surface area (Å²) >= 11 is 0. The Hall–Kier alpha value is -4.44. The Morgan fingerprint density at radius 1 is 0.589 bits per heavy atom. The number of hydrogen-bond donors (Lipinski definition) is 0. The maximum Gasteiger partial charge on any atom is 0.308 e. The molecule has 2 saturated heterocycles. The molecule has 0 spiro atoms. The van der Waals surface area contributed by atoms with Gasteiger partial charge in [-0.3, -0.25) is 9.59 Å². The molecule has 4 aromatic rings. The lowest BCUT2D eigenvalue weighted by Gasteiger charge is -2.30. The number of carbonyl (C=O) groups excluding carboxylic acids is 2. The summed E-state index contributed by atoms with van der Waals surface area (Å²) in [5.41, 5.74) is 5.22. The van der Waals surface area contributed by atoms with E-state index >= 15 is 0 Å². The highest BCUT2D eigenvalue weighted by Crippen LogP contribution is 2.49. The molecule has 0 unspecified atom stereocenters. The van der Waals surface area contributed by atoms with Crippen LogP contribution in [0.3, 0.4) is 0 Å². The zero-order valence-electron chi connectivity index (χ0n) is 33.3. The zero-order chi connectivity index (χ0) is 41.0. The van der Waals surface area contributed by atoms with E-state index in [0.717, 1.165) is 11.1 Å². The predicted molar refractivity (Wildman–Crippen MR) is 210 cm³/mol. The van der Waals surface area contributed by atoms with E-state index in [2.05, 4.69) is 0 Å². The first-order chi connectivity index (χ1) is 26.2. The Bertz CT molecular complexity index is 2250. The number of hydrogen-bond acceptors (Lipinski definition) is 10. The van der Waals surface area contributed by atoms with E-state index in [9.17, 15) is 26.4 Å². The summed E-state index contributed by atoms with van der Waals surface area (Å²) in [5, 5.41) is 0. The second-order valence-corrected chi connectivity index (χ2v) is 18.4. The van der Waals surface area contributed by atoms with Crippen LogP contribution in [0.5, 0.6) is 11.5 Å². The minimum atomic E-state index is -4.17. The first kappa shape index (κ1) is 41.2. The quantitative estimate of drug-likeness (QED) is 0.125. The fraction of sp³-hybridized carbons (Fsp3) is 0.381. The van der Waals surface area contributed by atoms with Gasteiger partial charge in [-0.1, -0.05) is 71.8 Å². The summed E-state index contributed by atoms with van der Waals surface area (Å²) in [6.45, 7) is 16.9. The molecule has 0 aliphatic carbocycles. The van der Waals surface area contributed by atoms with Gasteiger partial charge < -0.3 is 18.9 Å². The Morgan fingerprint density at radius 3 is 1.21 bits per heavy atom. The smallest absolute Gasteiger partial charge is 0.308 e. The van der Waals surface area contributed by atoms with Gasteiger partial charge in [0.25, 0.3) is 0 Å². The largest absolute Gasteiger partial charge is 0.426 e. The SMILES string of the molecule is CC(=O)Oc1c(-c2cccc([C@@H]3OC[C@H](C)N3S(=O)(=O)c3c(C)cc(C)cc3C)c2OC(C)=O)cccc1[C@@H]1OC[C@H](C)N1S(=O)(=O)c1c(C)cc(C)cc1C.